The third kappa shape index (κ3) is 8.11. The van der Waals surface area contributed by atoms with E-state index in [1.165, 1.54) is 11.8 Å². The molecule has 254 valence electrons. The Labute approximate surface area is 285 Å². The topological polar surface area (TPSA) is 132 Å². The van der Waals surface area contributed by atoms with Crippen LogP contribution in [0.5, 0.6) is 6.01 Å². The molecule has 3 heterocycles. The zero-order chi connectivity index (χ0) is 33.7. The van der Waals surface area contributed by atoms with Gasteiger partial charge in [-0.3, -0.25) is 4.57 Å². The molecule has 11 nitrogen and oxygen atoms in total. The number of halogens is 1. The minimum absolute atomic E-state index is 0.139. The molecule has 0 amide bonds. The highest BCUT2D eigenvalue weighted by atomic mass is 35.5. The number of fused-ring (bicyclic) bond motifs is 1. The largest absolute Gasteiger partial charge is 0.456 e. The minimum Gasteiger partial charge on any atom is -0.456 e. The minimum atomic E-state index is -2.48. The van der Waals surface area contributed by atoms with Crippen LogP contribution in [0.4, 0.5) is 5.69 Å². The van der Waals surface area contributed by atoms with Gasteiger partial charge >= 0.3 is 6.01 Å². The van der Waals surface area contributed by atoms with Crippen molar-refractivity contribution in [2.75, 3.05) is 51.7 Å². The van der Waals surface area contributed by atoms with Crippen LogP contribution < -0.4 is 4.74 Å². The van der Waals surface area contributed by atoms with E-state index in [-0.39, 0.29) is 31.9 Å². The maximum absolute atomic E-state index is 12.9. The predicted octanol–water partition coefficient (Wildman–Crippen LogP) is 4.57. The van der Waals surface area contributed by atoms with Gasteiger partial charge in [0.25, 0.3) is 0 Å². The van der Waals surface area contributed by atoms with Crippen molar-refractivity contribution in [2.45, 2.75) is 38.9 Å². The van der Waals surface area contributed by atoms with E-state index in [4.69, 9.17) is 30.8 Å². The number of thiol groups is 1. The molecule has 0 saturated carbocycles. The van der Waals surface area contributed by atoms with Crippen molar-refractivity contribution in [1.29, 1.82) is 0 Å². The van der Waals surface area contributed by atoms with Gasteiger partial charge in [0, 0.05) is 31.3 Å². The normalized spacial score (nSPS) is 20.1. The van der Waals surface area contributed by atoms with Crippen LogP contribution in [0.2, 0.25) is 5.02 Å². The number of imidazole rings is 1. The van der Waals surface area contributed by atoms with Crippen LogP contribution in [0.3, 0.4) is 0 Å². The van der Waals surface area contributed by atoms with Crippen LogP contribution in [-0.4, -0.2) is 103 Å². The summed E-state index contributed by atoms with van der Waals surface area (Å²) >= 11 is 7.99. The predicted molar refractivity (Wildman–Crippen MR) is 190 cm³/mol. The second-order valence-electron chi connectivity index (χ2n) is 11.5. The maximum Gasteiger partial charge on any atom is 0.301 e. The first-order chi connectivity index (χ1) is 22.6. The van der Waals surface area contributed by atoms with Gasteiger partial charge in [-0.15, -0.1) is 0 Å². The van der Waals surface area contributed by atoms with Gasteiger partial charge in [-0.1, -0.05) is 61.8 Å². The van der Waals surface area contributed by atoms with Gasteiger partial charge in [-0.25, -0.2) is 13.5 Å². The molecule has 2 aromatic heterocycles. The Bertz CT molecular complexity index is 1780. The van der Waals surface area contributed by atoms with E-state index >= 15 is 0 Å². The summed E-state index contributed by atoms with van der Waals surface area (Å²) in [5.74, 6) is 0.652. The Balaban J connectivity index is 1.43. The Hall–Kier alpha value is -2.75. The van der Waals surface area contributed by atoms with Crippen molar-refractivity contribution in [1.82, 2.24) is 18.8 Å². The maximum atomic E-state index is 12.9. The number of aliphatic hydroxyl groups is 2. The molecule has 5 atom stereocenters. The van der Waals surface area contributed by atoms with E-state index in [0.717, 1.165) is 22.4 Å². The average molecular weight is 705 g/mol. The molecule has 14 heteroatoms. The second kappa shape index (κ2) is 15.6. The summed E-state index contributed by atoms with van der Waals surface area (Å²) in [6.45, 7) is 5.00. The third-order valence-corrected chi connectivity index (χ3v) is 11.2. The zero-order valence-electron chi connectivity index (χ0n) is 27.2. The van der Waals surface area contributed by atoms with Crippen molar-refractivity contribution < 1.29 is 28.6 Å². The Morgan fingerprint density at radius 2 is 1.83 bits per heavy atom. The molecular weight excluding hydrogens is 662 g/mol. The standard InChI is InChI=1S/C33H42ClN5O6S2/c1-6-38(3)47(5,42)37-25-13-11-23(12-14-25)22-7-9-24(10-8-22)30-26(34)17-27-32(36-30)39(20-43-15-16-46-4)33(35-27)45-29(18-40)31-21(2)28(41)19-44-31/h7-14,17,21,28-29,31,40-41H,6,15-16,18-20H2,1-5H3/p+1/t21?,28?,29-,31?,47?/m1/s1. The first-order valence-corrected chi connectivity index (χ1v) is 19.3. The van der Waals surface area contributed by atoms with E-state index in [2.05, 4.69) is 15.6 Å². The van der Waals surface area contributed by atoms with Crippen molar-refractivity contribution in [2.24, 2.45) is 10.3 Å². The van der Waals surface area contributed by atoms with Crippen LogP contribution in [0.15, 0.2) is 59.0 Å². The highest BCUT2D eigenvalue weighted by molar-refractivity contribution is 7.90. The van der Waals surface area contributed by atoms with Gasteiger partial charge in [0.2, 0.25) is 0 Å². The number of aromatic nitrogens is 3. The molecule has 0 radical (unpaired) electrons. The Morgan fingerprint density at radius 1 is 1.17 bits per heavy atom. The van der Waals surface area contributed by atoms with E-state index in [0.29, 0.717) is 40.7 Å². The highest BCUT2D eigenvalue weighted by Crippen LogP contribution is 2.34. The number of ether oxygens (including phenoxy) is 3. The van der Waals surface area contributed by atoms with Gasteiger partial charge in [0.05, 0.1) is 48.6 Å². The average Bonchev–Trinajstić information content (AvgIpc) is 3.58. The number of pyridine rings is 1. The molecule has 4 aromatic rings. The number of hydrogen-bond acceptors (Lipinski definition) is 9. The van der Waals surface area contributed by atoms with Gasteiger partial charge in [-0.2, -0.15) is 9.35 Å². The van der Waals surface area contributed by atoms with Gasteiger partial charge in [-0.05, 0) is 41.1 Å². The lowest BCUT2D eigenvalue weighted by molar-refractivity contribution is -0.0357. The molecule has 2 N–H and O–H groups in total. The fraction of sp³-hybridized carbons (Fsp3) is 0.455. The van der Waals surface area contributed by atoms with E-state index in [1.54, 1.807) is 28.2 Å². The molecule has 0 bridgehead atoms. The van der Waals surface area contributed by atoms with Crippen molar-refractivity contribution in [3.05, 3.63) is 59.6 Å². The molecule has 1 saturated heterocycles. The number of rotatable bonds is 14. The molecule has 1 aliphatic rings. The molecule has 2 aromatic carbocycles. The summed E-state index contributed by atoms with van der Waals surface area (Å²) in [6, 6.07) is 17.5. The van der Waals surface area contributed by atoms with Gasteiger partial charge < -0.3 is 24.4 Å². The van der Waals surface area contributed by atoms with Crippen LogP contribution in [0.25, 0.3) is 33.5 Å². The molecule has 5 rings (SSSR count). The van der Waals surface area contributed by atoms with E-state index in [9.17, 15) is 14.4 Å². The van der Waals surface area contributed by atoms with Crippen molar-refractivity contribution >= 4 is 50.1 Å². The monoisotopic (exact) mass is 704 g/mol. The summed E-state index contributed by atoms with van der Waals surface area (Å²) in [7, 11) is -0.681. The third-order valence-electron chi connectivity index (χ3n) is 8.36. The van der Waals surface area contributed by atoms with Crippen LogP contribution in [-0.2, 0) is 37.9 Å². The molecule has 1 fully saturated rings. The number of nitrogens with zero attached hydrogens (tertiary/aromatic N) is 5. The SMILES string of the molecule is CCN(C)S(C)(=O)=Nc1ccc(-c2ccc(-c3nc4c(cc3Cl)nc(O[C@H](CO)C3OCC(O)C3C)n4COCC[SH+]C)cc2)cc1. The lowest BCUT2D eigenvalue weighted by atomic mass is 9.97. The lowest BCUT2D eigenvalue weighted by Gasteiger charge is -2.25. The quantitative estimate of drug-likeness (QED) is 0.111. The summed E-state index contributed by atoms with van der Waals surface area (Å²) in [5.41, 5.74) is 5.08. The number of aliphatic hydroxyl groups excluding tert-OH is 2. The first kappa shape index (κ1) is 35.6. The molecule has 4 unspecified atom stereocenters. The fourth-order valence-corrected chi connectivity index (χ4v) is 6.98. The summed E-state index contributed by atoms with van der Waals surface area (Å²) in [6.07, 6.45) is 1.82. The summed E-state index contributed by atoms with van der Waals surface area (Å²) < 4.78 is 38.7. The Morgan fingerprint density at radius 3 is 2.43 bits per heavy atom. The van der Waals surface area contributed by atoms with Crippen LogP contribution in [0, 0.1) is 5.92 Å². The van der Waals surface area contributed by atoms with E-state index < -0.39 is 28.2 Å². The summed E-state index contributed by atoms with van der Waals surface area (Å²) in [4.78, 5) is 9.58. The van der Waals surface area contributed by atoms with Gasteiger partial charge in [0.1, 0.15) is 34.0 Å². The Kier molecular flexibility index (Phi) is 11.8. The van der Waals surface area contributed by atoms with Crippen LogP contribution >= 0.6 is 11.6 Å². The first-order valence-electron chi connectivity index (χ1n) is 15.5. The molecule has 0 aliphatic carbocycles. The molecule has 1 aliphatic heterocycles. The fourth-order valence-electron chi connectivity index (χ4n) is 5.29. The smallest absolute Gasteiger partial charge is 0.301 e. The molecule has 0 spiro atoms. The van der Waals surface area contributed by atoms with Crippen LogP contribution in [0.1, 0.15) is 13.8 Å². The zero-order valence-corrected chi connectivity index (χ0v) is 29.7. The lowest BCUT2D eigenvalue weighted by Crippen LogP contribution is -2.40. The summed E-state index contributed by atoms with van der Waals surface area (Å²) in [5, 5.41) is 20.8. The van der Waals surface area contributed by atoms with Gasteiger partial charge in [0.15, 0.2) is 11.8 Å². The van der Waals surface area contributed by atoms with Crippen molar-refractivity contribution in [3.8, 4) is 28.4 Å². The molecule has 47 heavy (non-hydrogen) atoms. The second-order valence-corrected chi connectivity index (χ2v) is 15.4. The van der Waals surface area contributed by atoms with E-state index in [1.807, 2.05) is 62.4 Å². The highest BCUT2D eigenvalue weighted by Gasteiger charge is 2.39. The number of hydrogen-bond donors (Lipinski definition) is 2. The van der Waals surface area contributed by atoms with Crippen molar-refractivity contribution in [3.63, 3.8) is 0 Å². The molecular formula is C33H43ClN5O6S2+. The number of benzene rings is 2.